The zero-order chi connectivity index (χ0) is 14.0. The molecular formula is C14H16N2O3. The van der Waals surface area contributed by atoms with Crippen molar-refractivity contribution in [2.75, 3.05) is 6.54 Å². The minimum Gasteiger partial charge on any atom is -0.263 e. The van der Waals surface area contributed by atoms with Gasteiger partial charge in [-0.05, 0) is 18.9 Å². The van der Waals surface area contributed by atoms with Crippen LogP contribution < -0.4 is 0 Å². The lowest BCUT2D eigenvalue weighted by atomic mass is 10.1. The summed E-state index contributed by atoms with van der Waals surface area (Å²) >= 11 is 0. The van der Waals surface area contributed by atoms with Crippen molar-refractivity contribution in [2.24, 2.45) is 0 Å². The molecule has 1 aromatic rings. The number of amides is 4. The number of rotatable bonds is 4. The molecule has 1 aliphatic rings. The average Bonchev–Trinajstić information content (AvgIpc) is 2.59. The first kappa shape index (κ1) is 13.3. The Morgan fingerprint density at radius 1 is 0.947 bits per heavy atom. The smallest absolute Gasteiger partial charge is 0.263 e. The van der Waals surface area contributed by atoms with Gasteiger partial charge in [0.2, 0.25) is 0 Å². The molecule has 0 N–H and O–H groups in total. The van der Waals surface area contributed by atoms with E-state index in [1.54, 1.807) is 0 Å². The van der Waals surface area contributed by atoms with Crippen LogP contribution in [0.4, 0.5) is 4.79 Å². The highest BCUT2D eigenvalue weighted by atomic mass is 16.2. The summed E-state index contributed by atoms with van der Waals surface area (Å²) in [6.07, 6.45) is 0.642. The molecule has 0 spiro atoms. The average molecular weight is 260 g/mol. The molecule has 4 amide bonds. The van der Waals surface area contributed by atoms with Gasteiger partial charge in [0, 0.05) is 6.54 Å². The van der Waals surface area contributed by atoms with Gasteiger partial charge < -0.3 is 0 Å². The molecule has 0 atom stereocenters. The van der Waals surface area contributed by atoms with Gasteiger partial charge in [-0.3, -0.25) is 19.4 Å². The first-order chi connectivity index (χ1) is 9.04. The molecule has 1 aliphatic heterocycles. The molecule has 1 aromatic carbocycles. The molecular weight excluding hydrogens is 244 g/mol. The van der Waals surface area contributed by atoms with E-state index in [1.165, 1.54) is 0 Å². The second-order valence-electron chi connectivity index (χ2n) is 4.62. The van der Waals surface area contributed by atoms with E-state index < -0.39 is 17.8 Å². The van der Waals surface area contributed by atoms with E-state index >= 15 is 0 Å². The summed E-state index contributed by atoms with van der Waals surface area (Å²) in [6, 6.07) is 7.00. The molecule has 0 bridgehead atoms. The molecule has 0 aliphatic carbocycles. The fourth-order valence-corrected chi connectivity index (χ4v) is 1.99. The van der Waals surface area contributed by atoms with Gasteiger partial charge in [0.05, 0.1) is 6.54 Å². The number of hydrogen-bond donors (Lipinski definition) is 0. The van der Waals surface area contributed by atoms with Crippen molar-refractivity contribution in [3.05, 3.63) is 35.4 Å². The van der Waals surface area contributed by atoms with Crippen LogP contribution in [0.25, 0.3) is 0 Å². The molecule has 0 aromatic heterocycles. The predicted molar refractivity (Wildman–Crippen MR) is 69.1 cm³/mol. The molecule has 0 radical (unpaired) electrons. The van der Waals surface area contributed by atoms with E-state index in [1.807, 2.05) is 38.1 Å². The van der Waals surface area contributed by atoms with Gasteiger partial charge in [0.1, 0.15) is 0 Å². The lowest BCUT2D eigenvalue weighted by Crippen LogP contribution is -2.33. The van der Waals surface area contributed by atoms with Crippen molar-refractivity contribution in [3.8, 4) is 0 Å². The minimum absolute atomic E-state index is 0.143. The summed E-state index contributed by atoms with van der Waals surface area (Å²) < 4.78 is 0. The number of aryl methyl sites for hydroxylation is 1. The largest absolute Gasteiger partial charge is 0.334 e. The van der Waals surface area contributed by atoms with Crippen molar-refractivity contribution >= 4 is 17.8 Å². The molecule has 1 fully saturated rings. The Balaban J connectivity index is 2.16. The van der Waals surface area contributed by atoms with Crippen LogP contribution in [0.3, 0.4) is 0 Å². The van der Waals surface area contributed by atoms with Gasteiger partial charge >= 0.3 is 17.8 Å². The number of carbonyl (C=O) groups excluding carboxylic acids is 3. The zero-order valence-corrected chi connectivity index (χ0v) is 11.0. The third-order valence-electron chi connectivity index (χ3n) is 3.04. The van der Waals surface area contributed by atoms with Gasteiger partial charge in [0.25, 0.3) is 0 Å². The van der Waals surface area contributed by atoms with Gasteiger partial charge in [0.15, 0.2) is 0 Å². The fraction of sp³-hybridized carbons (Fsp3) is 0.357. The number of nitrogens with zero attached hydrogens (tertiary/aromatic N) is 2. The van der Waals surface area contributed by atoms with Crippen molar-refractivity contribution in [1.82, 2.24) is 9.80 Å². The topological polar surface area (TPSA) is 57.7 Å². The van der Waals surface area contributed by atoms with E-state index in [0.717, 1.165) is 20.9 Å². The quantitative estimate of drug-likeness (QED) is 0.611. The van der Waals surface area contributed by atoms with Gasteiger partial charge in [-0.25, -0.2) is 4.79 Å². The third kappa shape index (κ3) is 2.50. The second-order valence-corrected chi connectivity index (χ2v) is 4.62. The van der Waals surface area contributed by atoms with E-state index in [9.17, 15) is 14.4 Å². The lowest BCUT2D eigenvalue weighted by Gasteiger charge is -2.14. The molecule has 0 saturated carbocycles. The highest BCUT2D eigenvalue weighted by molar-refractivity contribution is 6.44. The fourth-order valence-electron chi connectivity index (χ4n) is 1.99. The standard InChI is InChI=1S/C14H16N2O3/c1-3-8-15-12(17)13(18)16(14(15)19)9-11-6-4-10(2)5-7-11/h4-7H,3,8-9H2,1-2H3. The molecule has 1 heterocycles. The van der Waals surface area contributed by atoms with E-state index in [4.69, 9.17) is 0 Å². The molecule has 0 unspecified atom stereocenters. The van der Waals surface area contributed by atoms with E-state index in [-0.39, 0.29) is 13.1 Å². The molecule has 100 valence electrons. The summed E-state index contributed by atoms with van der Waals surface area (Å²) in [5.41, 5.74) is 1.94. The Hall–Kier alpha value is -2.17. The van der Waals surface area contributed by atoms with E-state index in [2.05, 4.69) is 0 Å². The Bertz CT molecular complexity index is 522. The van der Waals surface area contributed by atoms with Crippen LogP contribution in [0, 0.1) is 6.92 Å². The van der Waals surface area contributed by atoms with Crippen molar-refractivity contribution < 1.29 is 14.4 Å². The molecule has 5 heteroatoms. The molecule has 19 heavy (non-hydrogen) atoms. The number of imide groups is 2. The minimum atomic E-state index is -0.737. The normalized spacial score (nSPS) is 15.6. The summed E-state index contributed by atoms with van der Waals surface area (Å²) in [5, 5.41) is 0. The Labute approximate surface area is 111 Å². The lowest BCUT2D eigenvalue weighted by molar-refractivity contribution is -0.143. The number of benzene rings is 1. The van der Waals surface area contributed by atoms with Gasteiger partial charge in [-0.2, -0.15) is 0 Å². The highest BCUT2D eigenvalue weighted by Gasteiger charge is 2.43. The summed E-state index contributed by atoms with van der Waals surface area (Å²) in [6.45, 7) is 4.24. The van der Waals surface area contributed by atoms with Crippen LogP contribution in [0.2, 0.25) is 0 Å². The maximum absolute atomic E-state index is 12.0. The molecule has 5 nitrogen and oxygen atoms in total. The number of urea groups is 1. The van der Waals surface area contributed by atoms with Crippen LogP contribution >= 0.6 is 0 Å². The first-order valence-electron chi connectivity index (χ1n) is 6.27. The number of hydrogen-bond acceptors (Lipinski definition) is 3. The van der Waals surface area contributed by atoms with Gasteiger partial charge in [-0.15, -0.1) is 0 Å². The van der Waals surface area contributed by atoms with Crippen LogP contribution in [0.1, 0.15) is 24.5 Å². The van der Waals surface area contributed by atoms with Crippen molar-refractivity contribution in [3.63, 3.8) is 0 Å². The van der Waals surface area contributed by atoms with E-state index in [0.29, 0.717) is 6.42 Å². The summed E-state index contributed by atoms with van der Waals surface area (Å²) in [5.74, 6) is -1.46. The van der Waals surface area contributed by atoms with Crippen LogP contribution in [0.5, 0.6) is 0 Å². The SMILES string of the molecule is CCCN1C(=O)C(=O)N(Cc2ccc(C)cc2)C1=O. The zero-order valence-electron chi connectivity index (χ0n) is 11.0. The van der Waals surface area contributed by atoms with Crippen LogP contribution in [-0.2, 0) is 16.1 Å². The Morgan fingerprint density at radius 2 is 1.53 bits per heavy atom. The maximum Gasteiger partial charge on any atom is 0.334 e. The maximum atomic E-state index is 12.0. The van der Waals surface area contributed by atoms with Crippen molar-refractivity contribution in [2.45, 2.75) is 26.8 Å². The van der Waals surface area contributed by atoms with Crippen molar-refractivity contribution in [1.29, 1.82) is 0 Å². The second kappa shape index (κ2) is 5.22. The third-order valence-corrected chi connectivity index (χ3v) is 3.04. The first-order valence-corrected chi connectivity index (χ1v) is 6.27. The summed E-state index contributed by atoms with van der Waals surface area (Å²) in [4.78, 5) is 37.5. The predicted octanol–water partition coefficient (Wildman–Crippen LogP) is 1.70. The van der Waals surface area contributed by atoms with Crippen LogP contribution in [0.15, 0.2) is 24.3 Å². The Kier molecular flexibility index (Phi) is 3.64. The monoisotopic (exact) mass is 260 g/mol. The van der Waals surface area contributed by atoms with Crippen LogP contribution in [-0.4, -0.2) is 34.2 Å². The highest BCUT2D eigenvalue weighted by Crippen LogP contribution is 2.16. The van der Waals surface area contributed by atoms with Gasteiger partial charge in [-0.1, -0.05) is 36.8 Å². The number of carbonyl (C=O) groups is 3. The molecule has 1 saturated heterocycles. The summed E-state index contributed by atoms with van der Waals surface area (Å²) in [7, 11) is 0. The Morgan fingerprint density at radius 3 is 2.11 bits per heavy atom. The molecule has 2 rings (SSSR count).